The number of para-hydroxylation sites is 1. The van der Waals surface area contributed by atoms with Gasteiger partial charge in [-0.05, 0) is 65.5 Å². The van der Waals surface area contributed by atoms with Crippen molar-refractivity contribution in [3.8, 4) is 11.6 Å². The molecule has 12 nitrogen and oxygen atoms in total. The maximum absolute atomic E-state index is 14.3. The highest BCUT2D eigenvalue weighted by molar-refractivity contribution is 6.35. The van der Waals surface area contributed by atoms with Crippen molar-refractivity contribution in [2.45, 2.75) is 102 Å². The lowest BCUT2D eigenvalue weighted by Crippen LogP contribution is -2.56. The molecule has 13 heteroatoms. The van der Waals surface area contributed by atoms with Crippen molar-refractivity contribution in [3.05, 3.63) is 41.4 Å². The molecule has 260 valence electrons. The number of nitrogens with one attached hydrogen (secondary N) is 2. The summed E-state index contributed by atoms with van der Waals surface area (Å²) in [6.45, 7) is 7.50. The number of alkyl carbamates (subject to hydrolysis) is 1. The summed E-state index contributed by atoms with van der Waals surface area (Å²) in [5.41, 5.74) is -1.49. The Morgan fingerprint density at radius 1 is 1.19 bits per heavy atom. The lowest BCUT2D eigenvalue weighted by atomic mass is 10.0. The molecule has 3 heterocycles. The summed E-state index contributed by atoms with van der Waals surface area (Å²) >= 11 is 6.48. The van der Waals surface area contributed by atoms with Crippen LogP contribution in [0.5, 0.6) is 11.6 Å². The van der Waals surface area contributed by atoms with Crippen LogP contribution in [-0.2, 0) is 23.9 Å². The number of fused-ring (bicyclic) bond motifs is 3. The molecule has 0 unspecified atom stereocenters. The summed E-state index contributed by atoms with van der Waals surface area (Å²) in [5.74, 6) is -0.927. The monoisotopic (exact) mass is 684 g/mol. The molecule has 3 amide bonds. The highest BCUT2D eigenvalue weighted by atomic mass is 35.5. The minimum atomic E-state index is -1.21. The molecular weight excluding hydrogens is 640 g/mol. The van der Waals surface area contributed by atoms with Crippen molar-refractivity contribution in [2.24, 2.45) is 5.92 Å². The molecule has 1 aromatic heterocycles. The van der Waals surface area contributed by atoms with Crippen LogP contribution < -0.4 is 20.1 Å². The Morgan fingerprint density at radius 2 is 1.98 bits per heavy atom. The molecule has 1 aromatic carbocycles. The van der Waals surface area contributed by atoms with Gasteiger partial charge in [0.1, 0.15) is 35.1 Å². The molecule has 0 bridgehead atoms. The quantitative estimate of drug-likeness (QED) is 0.314. The number of amides is 3. The first kappa shape index (κ1) is 35.3. The number of hydrogen-bond acceptors (Lipinski definition) is 9. The van der Waals surface area contributed by atoms with E-state index < -0.39 is 53.2 Å². The molecule has 1 aliphatic carbocycles. The number of methoxy groups -OCH3 is 1. The standard InChI is InChI=1S/C35H45ClN4O8/c1-6-46-28-18-27(23-14-12-15-24(36)29(23)38-28)47-22-17-26-30(41)39-35(32(43)45-5)19-21(35)13-10-8-7-9-11-16-25(31(42)40(26)20-22)37-33(44)48-34(2,3)4/h10,12-15,18,21-22,25-26H,6-9,11,16-17,19-20H2,1-5H3,(H,37,44)(H,39,41)/t21-,22-,25+,26+,35-/m1/s1. The number of pyridine rings is 1. The zero-order chi connectivity index (χ0) is 34.6. The van der Waals surface area contributed by atoms with Crippen molar-refractivity contribution in [1.29, 1.82) is 0 Å². The lowest BCUT2D eigenvalue weighted by molar-refractivity contribution is -0.148. The molecule has 48 heavy (non-hydrogen) atoms. The van der Waals surface area contributed by atoms with Crippen LogP contribution in [0, 0.1) is 5.92 Å². The van der Waals surface area contributed by atoms with Gasteiger partial charge in [0.25, 0.3) is 0 Å². The van der Waals surface area contributed by atoms with E-state index >= 15 is 0 Å². The van der Waals surface area contributed by atoms with E-state index in [1.807, 2.05) is 25.1 Å². The number of carbonyl (C=O) groups is 4. The summed E-state index contributed by atoms with van der Waals surface area (Å²) in [5, 5.41) is 6.77. The molecule has 0 radical (unpaired) electrons. The first-order valence-corrected chi connectivity index (χ1v) is 17.0. The second-order valence-corrected chi connectivity index (χ2v) is 13.9. The normalized spacial score (nSPS) is 26.3. The van der Waals surface area contributed by atoms with Gasteiger partial charge < -0.3 is 34.5 Å². The van der Waals surface area contributed by atoms with Crippen molar-refractivity contribution in [1.82, 2.24) is 20.5 Å². The van der Waals surface area contributed by atoms with Gasteiger partial charge in [-0.2, -0.15) is 0 Å². The van der Waals surface area contributed by atoms with Crippen LogP contribution in [-0.4, -0.2) is 83.3 Å². The molecule has 2 N–H and O–H groups in total. The van der Waals surface area contributed by atoms with Gasteiger partial charge in [0.05, 0.1) is 30.8 Å². The SMILES string of the molecule is CCOc1cc(O[C@@H]2C[C@H]3C(=O)N[C@]4(C(=O)OC)C[C@H]4C=CCCCCC[C@H](NC(=O)OC(C)(C)C)C(=O)N3C2)c2cccc(Cl)c2n1. The molecule has 1 saturated carbocycles. The minimum absolute atomic E-state index is 0.0479. The Kier molecular flexibility index (Phi) is 10.7. The predicted molar refractivity (Wildman–Crippen MR) is 179 cm³/mol. The number of benzene rings is 1. The van der Waals surface area contributed by atoms with E-state index in [1.54, 1.807) is 39.0 Å². The zero-order valence-corrected chi connectivity index (χ0v) is 28.9. The highest BCUT2D eigenvalue weighted by Crippen LogP contribution is 2.46. The Labute approximate surface area is 285 Å². The van der Waals surface area contributed by atoms with Gasteiger partial charge in [0, 0.05) is 23.8 Å². The summed E-state index contributed by atoms with van der Waals surface area (Å²) in [6.07, 6.45) is 6.66. The third kappa shape index (κ3) is 7.97. The molecule has 3 aliphatic rings. The topological polar surface area (TPSA) is 145 Å². The number of rotatable bonds is 6. The molecule has 5 atom stereocenters. The first-order chi connectivity index (χ1) is 22.8. The van der Waals surface area contributed by atoms with Gasteiger partial charge in [-0.25, -0.2) is 14.6 Å². The van der Waals surface area contributed by atoms with Crippen LogP contribution in [0.15, 0.2) is 36.4 Å². The Hall–Kier alpha value is -4.06. The fourth-order valence-corrected chi connectivity index (χ4v) is 6.64. The number of allylic oxidation sites excluding steroid dienone is 1. The Bertz CT molecular complexity index is 1580. The van der Waals surface area contributed by atoms with Crippen molar-refractivity contribution >= 4 is 46.4 Å². The average molecular weight is 685 g/mol. The van der Waals surface area contributed by atoms with Crippen molar-refractivity contribution in [2.75, 3.05) is 20.3 Å². The van der Waals surface area contributed by atoms with Crippen LogP contribution in [0.2, 0.25) is 5.02 Å². The van der Waals surface area contributed by atoms with E-state index in [0.29, 0.717) is 53.4 Å². The highest BCUT2D eigenvalue weighted by Gasteiger charge is 2.62. The van der Waals surface area contributed by atoms with Crippen LogP contribution in [0.4, 0.5) is 4.79 Å². The van der Waals surface area contributed by atoms with E-state index in [0.717, 1.165) is 19.3 Å². The third-order valence-electron chi connectivity index (χ3n) is 8.79. The van der Waals surface area contributed by atoms with E-state index in [2.05, 4.69) is 15.6 Å². The van der Waals surface area contributed by atoms with Gasteiger partial charge >= 0.3 is 12.1 Å². The molecule has 2 aliphatic heterocycles. The minimum Gasteiger partial charge on any atom is -0.488 e. The first-order valence-electron chi connectivity index (χ1n) is 16.6. The second kappa shape index (κ2) is 14.6. The largest absolute Gasteiger partial charge is 0.488 e. The summed E-state index contributed by atoms with van der Waals surface area (Å²) in [6, 6.07) is 5.07. The summed E-state index contributed by atoms with van der Waals surface area (Å²) < 4.78 is 22.8. The number of hydrogen-bond donors (Lipinski definition) is 2. The molecular formula is C35H45ClN4O8. The summed E-state index contributed by atoms with van der Waals surface area (Å²) in [4.78, 5) is 60.3. The number of carbonyl (C=O) groups excluding carboxylic acids is 4. The number of aromatic nitrogens is 1. The Morgan fingerprint density at radius 3 is 2.71 bits per heavy atom. The third-order valence-corrected chi connectivity index (χ3v) is 9.10. The van der Waals surface area contributed by atoms with Gasteiger partial charge in [-0.1, -0.05) is 42.7 Å². The van der Waals surface area contributed by atoms with Gasteiger partial charge in [-0.15, -0.1) is 0 Å². The fourth-order valence-electron chi connectivity index (χ4n) is 6.42. The molecule has 1 saturated heterocycles. The van der Waals surface area contributed by atoms with Crippen LogP contribution in [0.1, 0.15) is 72.6 Å². The zero-order valence-electron chi connectivity index (χ0n) is 28.2. The van der Waals surface area contributed by atoms with E-state index in [-0.39, 0.29) is 18.9 Å². The lowest BCUT2D eigenvalue weighted by Gasteiger charge is -2.30. The van der Waals surface area contributed by atoms with Crippen LogP contribution >= 0.6 is 11.6 Å². The molecule has 2 fully saturated rings. The smallest absolute Gasteiger partial charge is 0.408 e. The number of ether oxygens (including phenoxy) is 4. The maximum Gasteiger partial charge on any atom is 0.408 e. The number of esters is 1. The van der Waals surface area contributed by atoms with Crippen LogP contribution in [0.3, 0.4) is 0 Å². The molecule has 5 rings (SSSR count). The number of nitrogens with zero attached hydrogens (tertiary/aromatic N) is 2. The van der Waals surface area contributed by atoms with Gasteiger partial charge in [-0.3, -0.25) is 9.59 Å². The predicted octanol–water partition coefficient (Wildman–Crippen LogP) is 5.10. The van der Waals surface area contributed by atoms with Crippen molar-refractivity contribution < 1.29 is 38.1 Å². The average Bonchev–Trinajstić information content (AvgIpc) is 3.55. The summed E-state index contributed by atoms with van der Waals surface area (Å²) in [7, 11) is 1.29. The van der Waals surface area contributed by atoms with Gasteiger partial charge in [0.15, 0.2) is 0 Å². The van der Waals surface area contributed by atoms with E-state index in [1.165, 1.54) is 12.0 Å². The van der Waals surface area contributed by atoms with Crippen LogP contribution in [0.25, 0.3) is 10.9 Å². The number of halogens is 1. The van der Waals surface area contributed by atoms with E-state index in [4.69, 9.17) is 30.5 Å². The molecule has 0 spiro atoms. The Balaban J connectivity index is 1.48. The molecule has 2 aromatic rings. The van der Waals surface area contributed by atoms with E-state index in [9.17, 15) is 19.2 Å². The fraction of sp³-hybridized carbons (Fsp3) is 0.571. The maximum atomic E-state index is 14.3. The van der Waals surface area contributed by atoms with Crippen molar-refractivity contribution in [3.63, 3.8) is 0 Å². The second-order valence-electron chi connectivity index (χ2n) is 13.5. The van der Waals surface area contributed by atoms with Gasteiger partial charge in [0.2, 0.25) is 17.7 Å².